The van der Waals surface area contributed by atoms with E-state index in [0.29, 0.717) is 35.5 Å². The highest BCUT2D eigenvalue weighted by Gasteiger charge is 2.30. The second-order valence-electron chi connectivity index (χ2n) is 7.09. The van der Waals surface area contributed by atoms with Crippen LogP contribution in [0.5, 0.6) is 5.75 Å². The van der Waals surface area contributed by atoms with Gasteiger partial charge in [0.05, 0.1) is 18.1 Å². The van der Waals surface area contributed by atoms with Crippen LogP contribution in [0.25, 0.3) is 11.1 Å². The number of rotatable bonds is 11. The smallest absolute Gasteiger partial charge is 0.416 e. The molecule has 1 atom stereocenters. The first-order chi connectivity index (χ1) is 14.3. The highest BCUT2D eigenvalue weighted by atomic mass is 19.4. The van der Waals surface area contributed by atoms with Gasteiger partial charge in [-0.25, -0.2) is 0 Å². The van der Waals surface area contributed by atoms with Crippen molar-refractivity contribution in [1.82, 2.24) is 0 Å². The molecule has 0 aromatic heterocycles. The molecule has 1 N–H and O–H groups in total. The lowest BCUT2D eigenvalue weighted by molar-refractivity contribution is -0.139. The SMILES string of the molecule is CCCCCC(C(=O)O)c1cc(OCCOC)cc(-c2ccc(C(F)(F)F)cc2)c1. The number of unbranched alkanes of at least 4 members (excludes halogenated alkanes) is 2. The maximum absolute atomic E-state index is 12.9. The van der Waals surface area contributed by atoms with E-state index in [0.717, 1.165) is 31.4 Å². The minimum atomic E-state index is -4.41. The molecule has 7 heteroatoms. The number of aliphatic carboxylic acids is 1. The van der Waals surface area contributed by atoms with Crippen molar-refractivity contribution < 1.29 is 32.5 Å². The summed E-state index contributed by atoms with van der Waals surface area (Å²) in [4.78, 5) is 11.9. The van der Waals surface area contributed by atoms with Gasteiger partial charge in [-0.05, 0) is 47.4 Å². The second-order valence-corrected chi connectivity index (χ2v) is 7.09. The fourth-order valence-corrected chi connectivity index (χ4v) is 3.20. The van der Waals surface area contributed by atoms with E-state index >= 15 is 0 Å². The number of hydrogen-bond donors (Lipinski definition) is 1. The van der Waals surface area contributed by atoms with Crippen molar-refractivity contribution in [2.24, 2.45) is 0 Å². The third-order valence-corrected chi connectivity index (χ3v) is 4.83. The van der Waals surface area contributed by atoms with Gasteiger partial charge in [-0.1, -0.05) is 44.4 Å². The molecule has 2 aromatic rings. The number of halogens is 3. The molecule has 0 fully saturated rings. The molecule has 0 aliphatic carbocycles. The predicted octanol–water partition coefficient (Wildman–Crippen LogP) is 6.15. The average molecular weight is 424 g/mol. The predicted molar refractivity (Wildman–Crippen MR) is 109 cm³/mol. The van der Waals surface area contributed by atoms with E-state index in [1.807, 2.05) is 6.92 Å². The zero-order chi connectivity index (χ0) is 22.1. The Morgan fingerprint density at radius 1 is 1.03 bits per heavy atom. The number of methoxy groups -OCH3 is 1. The molecule has 0 aliphatic heterocycles. The lowest BCUT2D eigenvalue weighted by Crippen LogP contribution is -2.12. The summed E-state index contributed by atoms with van der Waals surface area (Å²) < 4.78 is 49.3. The van der Waals surface area contributed by atoms with Gasteiger partial charge < -0.3 is 14.6 Å². The van der Waals surface area contributed by atoms with Gasteiger partial charge >= 0.3 is 12.1 Å². The van der Waals surface area contributed by atoms with Crippen molar-refractivity contribution in [2.45, 2.75) is 44.7 Å². The van der Waals surface area contributed by atoms with Gasteiger partial charge in [0, 0.05) is 7.11 Å². The standard InChI is InChI=1S/C23H27F3O4/c1-3-4-5-6-21(22(27)28)18-13-17(14-20(15-18)30-12-11-29-2)16-7-9-19(10-8-16)23(24,25)26/h7-10,13-15,21H,3-6,11-12H2,1-2H3,(H,27,28). The normalized spacial score (nSPS) is 12.6. The summed E-state index contributed by atoms with van der Waals surface area (Å²) in [5, 5.41) is 9.73. The molecule has 0 amide bonds. The zero-order valence-corrected chi connectivity index (χ0v) is 17.2. The number of benzene rings is 2. The zero-order valence-electron chi connectivity index (χ0n) is 17.2. The van der Waals surface area contributed by atoms with E-state index < -0.39 is 23.6 Å². The fourth-order valence-electron chi connectivity index (χ4n) is 3.20. The first kappa shape index (κ1) is 23.7. The molecule has 30 heavy (non-hydrogen) atoms. The molecular formula is C23H27F3O4. The monoisotopic (exact) mass is 424 g/mol. The van der Waals surface area contributed by atoms with Gasteiger partial charge in [0.15, 0.2) is 0 Å². The van der Waals surface area contributed by atoms with Gasteiger partial charge in [0.25, 0.3) is 0 Å². The van der Waals surface area contributed by atoms with Crippen molar-refractivity contribution in [3.63, 3.8) is 0 Å². The van der Waals surface area contributed by atoms with E-state index in [-0.39, 0.29) is 6.61 Å². The lowest BCUT2D eigenvalue weighted by atomic mass is 9.90. The number of ether oxygens (including phenoxy) is 2. The van der Waals surface area contributed by atoms with Gasteiger partial charge in [0.2, 0.25) is 0 Å². The summed E-state index contributed by atoms with van der Waals surface area (Å²) >= 11 is 0. The van der Waals surface area contributed by atoms with Gasteiger partial charge in [0.1, 0.15) is 12.4 Å². The number of alkyl halides is 3. The van der Waals surface area contributed by atoms with Crippen molar-refractivity contribution in [3.8, 4) is 16.9 Å². The van der Waals surface area contributed by atoms with Crippen LogP contribution in [0.15, 0.2) is 42.5 Å². The summed E-state index contributed by atoms with van der Waals surface area (Å²) in [5.41, 5.74) is 1.000. The molecule has 0 radical (unpaired) electrons. The number of carboxylic acid groups (broad SMARTS) is 1. The molecule has 0 heterocycles. The Kier molecular flexibility index (Phi) is 8.72. The van der Waals surface area contributed by atoms with E-state index in [1.165, 1.54) is 12.1 Å². The number of carboxylic acids is 1. The summed E-state index contributed by atoms with van der Waals surface area (Å²) in [7, 11) is 1.54. The Bertz CT molecular complexity index is 816. The minimum absolute atomic E-state index is 0.278. The topological polar surface area (TPSA) is 55.8 Å². The van der Waals surface area contributed by atoms with Crippen LogP contribution in [-0.4, -0.2) is 31.4 Å². The second kappa shape index (κ2) is 11.0. The van der Waals surface area contributed by atoms with Crippen LogP contribution in [0.4, 0.5) is 13.2 Å². The summed E-state index contributed by atoms with van der Waals surface area (Å²) in [5.74, 6) is -1.18. The minimum Gasteiger partial charge on any atom is -0.491 e. The van der Waals surface area contributed by atoms with Crippen molar-refractivity contribution in [3.05, 3.63) is 53.6 Å². The molecular weight excluding hydrogens is 397 g/mol. The average Bonchev–Trinajstić information content (AvgIpc) is 2.70. The fraction of sp³-hybridized carbons (Fsp3) is 0.435. The quantitative estimate of drug-likeness (QED) is 0.440. The van der Waals surface area contributed by atoms with Crippen LogP contribution in [0.1, 0.15) is 49.7 Å². The highest BCUT2D eigenvalue weighted by molar-refractivity contribution is 5.78. The van der Waals surface area contributed by atoms with Crippen LogP contribution < -0.4 is 4.74 Å². The van der Waals surface area contributed by atoms with Crippen molar-refractivity contribution >= 4 is 5.97 Å². The Labute approximate surface area is 174 Å². The maximum Gasteiger partial charge on any atom is 0.416 e. The third-order valence-electron chi connectivity index (χ3n) is 4.83. The van der Waals surface area contributed by atoms with E-state index in [1.54, 1.807) is 25.3 Å². The van der Waals surface area contributed by atoms with Gasteiger partial charge in [-0.3, -0.25) is 4.79 Å². The van der Waals surface area contributed by atoms with Gasteiger partial charge in [-0.2, -0.15) is 13.2 Å². The van der Waals surface area contributed by atoms with Crippen molar-refractivity contribution in [1.29, 1.82) is 0 Å². The maximum atomic E-state index is 12.9. The molecule has 0 bridgehead atoms. The summed E-state index contributed by atoms with van der Waals surface area (Å²) in [6.07, 6.45) is -1.25. The van der Waals surface area contributed by atoms with Crippen LogP contribution in [0.3, 0.4) is 0 Å². The van der Waals surface area contributed by atoms with E-state index in [4.69, 9.17) is 9.47 Å². The molecule has 2 aromatic carbocycles. The molecule has 0 saturated carbocycles. The molecule has 0 spiro atoms. The third kappa shape index (κ3) is 6.76. The number of carbonyl (C=O) groups is 1. The van der Waals surface area contributed by atoms with Crippen LogP contribution in [0, 0.1) is 0 Å². The Morgan fingerprint density at radius 2 is 1.73 bits per heavy atom. The lowest BCUT2D eigenvalue weighted by Gasteiger charge is -2.17. The Morgan fingerprint density at radius 3 is 2.30 bits per heavy atom. The summed E-state index contributed by atoms with van der Waals surface area (Å²) in [6.45, 7) is 2.68. The van der Waals surface area contributed by atoms with Crippen LogP contribution in [0.2, 0.25) is 0 Å². The molecule has 2 rings (SSSR count). The highest BCUT2D eigenvalue weighted by Crippen LogP contribution is 2.34. The first-order valence-corrected chi connectivity index (χ1v) is 9.93. The number of hydrogen-bond acceptors (Lipinski definition) is 3. The van der Waals surface area contributed by atoms with Crippen LogP contribution in [-0.2, 0) is 15.7 Å². The Balaban J connectivity index is 2.41. The molecule has 0 saturated heterocycles. The molecule has 4 nitrogen and oxygen atoms in total. The Hall–Kier alpha value is -2.54. The molecule has 1 unspecified atom stereocenters. The van der Waals surface area contributed by atoms with E-state index in [2.05, 4.69) is 0 Å². The van der Waals surface area contributed by atoms with Gasteiger partial charge in [-0.15, -0.1) is 0 Å². The van der Waals surface area contributed by atoms with Crippen LogP contribution >= 0.6 is 0 Å². The molecule has 0 aliphatic rings. The van der Waals surface area contributed by atoms with Crippen molar-refractivity contribution in [2.75, 3.05) is 20.3 Å². The largest absolute Gasteiger partial charge is 0.491 e. The molecule has 164 valence electrons. The first-order valence-electron chi connectivity index (χ1n) is 9.93. The van der Waals surface area contributed by atoms with E-state index in [9.17, 15) is 23.1 Å². The summed E-state index contributed by atoms with van der Waals surface area (Å²) in [6, 6.07) is 9.91.